The zero-order valence-electron chi connectivity index (χ0n) is 9.51. The molecule has 0 aliphatic carbocycles. The summed E-state index contributed by atoms with van der Waals surface area (Å²) in [5, 5.41) is 0. The lowest BCUT2D eigenvalue weighted by Gasteiger charge is -2.21. The Morgan fingerprint density at radius 1 is 1.36 bits per heavy atom. The first-order chi connectivity index (χ1) is 6.56. The Kier molecular flexibility index (Phi) is 2.38. The van der Waals surface area contributed by atoms with Gasteiger partial charge >= 0.3 is 0 Å². The van der Waals surface area contributed by atoms with E-state index in [1.165, 1.54) is 37.3 Å². The van der Waals surface area contributed by atoms with Crippen LogP contribution in [0, 0.1) is 5.41 Å². The van der Waals surface area contributed by atoms with Crippen LogP contribution in [0.25, 0.3) is 0 Å². The monoisotopic (exact) mass is 192 g/mol. The minimum Gasteiger partial charge on any atom is -0.332 e. The van der Waals surface area contributed by atoms with Crippen molar-refractivity contribution < 1.29 is 0 Å². The highest BCUT2D eigenvalue weighted by Gasteiger charge is 2.18. The van der Waals surface area contributed by atoms with Crippen LogP contribution in [-0.2, 0) is 19.4 Å². The molecule has 0 saturated heterocycles. The van der Waals surface area contributed by atoms with Crippen molar-refractivity contribution in [3.63, 3.8) is 0 Å². The third-order valence-corrected chi connectivity index (χ3v) is 2.77. The quantitative estimate of drug-likeness (QED) is 0.669. The Labute approximate surface area is 86.3 Å². The molecule has 2 rings (SSSR count). The van der Waals surface area contributed by atoms with Crippen molar-refractivity contribution in [3.8, 4) is 0 Å². The molecule has 2 nitrogen and oxygen atoms in total. The highest BCUT2D eigenvalue weighted by atomic mass is 15.1. The van der Waals surface area contributed by atoms with Gasteiger partial charge in [-0.25, -0.2) is 4.98 Å². The van der Waals surface area contributed by atoms with E-state index in [-0.39, 0.29) is 0 Å². The summed E-state index contributed by atoms with van der Waals surface area (Å²) in [6.45, 7) is 8.01. The van der Waals surface area contributed by atoms with Crippen LogP contribution >= 0.6 is 0 Å². The second-order valence-electron chi connectivity index (χ2n) is 5.51. The molecule has 1 aliphatic rings. The fourth-order valence-electron chi connectivity index (χ4n) is 2.12. The average Bonchev–Trinajstić information content (AvgIpc) is 2.47. The SMILES string of the molecule is CC(C)(C)Cc1ncc2n1CCCC2. The minimum absolute atomic E-state index is 0.347. The summed E-state index contributed by atoms with van der Waals surface area (Å²) in [5.41, 5.74) is 1.79. The molecule has 0 unspecified atom stereocenters. The molecule has 1 aromatic heterocycles. The standard InChI is InChI=1S/C12H20N2/c1-12(2,3)8-11-13-9-10-6-4-5-7-14(10)11/h9H,4-8H2,1-3H3. The van der Waals surface area contributed by atoms with Crippen LogP contribution in [0.4, 0.5) is 0 Å². The van der Waals surface area contributed by atoms with Crippen LogP contribution in [0.5, 0.6) is 0 Å². The molecule has 1 aromatic rings. The van der Waals surface area contributed by atoms with Gasteiger partial charge in [-0.15, -0.1) is 0 Å². The van der Waals surface area contributed by atoms with E-state index >= 15 is 0 Å². The molecule has 0 amide bonds. The van der Waals surface area contributed by atoms with Gasteiger partial charge in [0.2, 0.25) is 0 Å². The van der Waals surface area contributed by atoms with Crippen LogP contribution in [0.1, 0.15) is 45.1 Å². The van der Waals surface area contributed by atoms with Crippen molar-refractivity contribution in [1.29, 1.82) is 0 Å². The van der Waals surface area contributed by atoms with E-state index in [4.69, 9.17) is 0 Å². The topological polar surface area (TPSA) is 17.8 Å². The molecular weight excluding hydrogens is 172 g/mol. The predicted molar refractivity (Wildman–Crippen MR) is 58.3 cm³/mol. The van der Waals surface area contributed by atoms with Gasteiger partial charge in [0.15, 0.2) is 0 Å². The summed E-state index contributed by atoms with van der Waals surface area (Å²) in [5.74, 6) is 1.28. The van der Waals surface area contributed by atoms with E-state index in [1.54, 1.807) is 0 Å². The number of hydrogen-bond donors (Lipinski definition) is 0. The number of fused-ring (bicyclic) bond motifs is 1. The Morgan fingerprint density at radius 3 is 2.86 bits per heavy atom. The molecule has 78 valence electrons. The maximum Gasteiger partial charge on any atom is 0.109 e. The zero-order chi connectivity index (χ0) is 10.2. The van der Waals surface area contributed by atoms with Crippen molar-refractivity contribution >= 4 is 0 Å². The first-order valence-corrected chi connectivity index (χ1v) is 5.59. The van der Waals surface area contributed by atoms with Crippen LogP contribution in [0.3, 0.4) is 0 Å². The molecule has 0 atom stereocenters. The van der Waals surface area contributed by atoms with Crippen molar-refractivity contribution in [1.82, 2.24) is 9.55 Å². The lowest BCUT2D eigenvalue weighted by Crippen LogP contribution is -2.17. The molecule has 1 aliphatic heterocycles. The van der Waals surface area contributed by atoms with E-state index in [9.17, 15) is 0 Å². The Morgan fingerprint density at radius 2 is 2.14 bits per heavy atom. The molecule has 14 heavy (non-hydrogen) atoms. The Hall–Kier alpha value is -0.790. The lowest BCUT2D eigenvalue weighted by atomic mass is 9.92. The zero-order valence-corrected chi connectivity index (χ0v) is 9.51. The van der Waals surface area contributed by atoms with Crippen LogP contribution < -0.4 is 0 Å². The first-order valence-electron chi connectivity index (χ1n) is 5.59. The highest BCUT2D eigenvalue weighted by molar-refractivity contribution is 5.09. The fourth-order valence-corrected chi connectivity index (χ4v) is 2.12. The number of imidazole rings is 1. The highest BCUT2D eigenvalue weighted by Crippen LogP contribution is 2.23. The summed E-state index contributed by atoms with van der Waals surface area (Å²) in [7, 11) is 0. The summed E-state index contributed by atoms with van der Waals surface area (Å²) in [4.78, 5) is 4.55. The van der Waals surface area contributed by atoms with E-state index in [0.29, 0.717) is 5.41 Å². The number of hydrogen-bond acceptors (Lipinski definition) is 1. The number of rotatable bonds is 1. The minimum atomic E-state index is 0.347. The molecule has 0 radical (unpaired) electrons. The van der Waals surface area contributed by atoms with Crippen molar-refractivity contribution in [2.24, 2.45) is 5.41 Å². The van der Waals surface area contributed by atoms with E-state index < -0.39 is 0 Å². The first kappa shape index (κ1) is 9.75. The van der Waals surface area contributed by atoms with E-state index in [2.05, 4.69) is 36.5 Å². The summed E-state index contributed by atoms with van der Waals surface area (Å²) in [6.07, 6.45) is 7.03. The maximum absolute atomic E-state index is 4.55. The third kappa shape index (κ3) is 1.99. The van der Waals surface area contributed by atoms with Gasteiger partial charge in [-0.3, -0.25) is 0 Å². The largest absolute Gasteiger partial charge is 0.332 e. The Bertz CT molecular complexity index is 318. The predicted octanol–water partition coefficient (Wildman–Crippen LogP) is 2.81. The lowest BCUT2D eigenvalue weighted by molar-refractivity contribution is 0.384. The van der Waals surface area contributed by atoms with Gasteiger partial charge in [0.25, 0.3) is 0 Å². The molecular formula is C12H20N2. The fraction of sp³-hybridized carbons (Fsp3) is 0.750. The van der Waals surface area contributed by atoms with Crippen molar-refractivity contribution in [2.45, 2.75) is 53.0 Å². The van der Waals surface area contributed by atoms with Crippen molar-refractivity contribution in [2.75, 3.05) is 0 Å². The third-order valence-electron chi connectivity index (χ3n) is 2.77. The van der Waals surface area contributed by atoms with Gasteiger partial charge in [-0.05, 0) is 24.7 Å². The molecule has 0 fully saturated rings. The second kappa shape index (κ2) is 3.41. The number of aromatic nitrogens is 2. The Balaban J connectivity index is 2.22. The molecule has 0 aromatic carbocycles. The van der Waals surface area contributed by atoms with Gasteiger partial charge in [-0.1, -0.05) is 20.8 Å². The van der Waals surface area contributed by atoms with Gasteiger partial charge in [0, 0.05) is 24.9 Å². The molecule has 0 spiro atoms. The summed E-state index contributed by atoms with van der Waals surface area (Å²) >= 11 is 0. The summed E-state index contributed by atoms with van der Waals surface area (Å²) < 4.78 is 2.43. The summed E-state index contributed by atoms with van der Waals surface area (Å²) in [6, 6.07) is 0. The maximum atomic E-state index is 4.55. The smallest absolute Gasteiger partial charge is 0.109 e. The van der Waals surface area contributed by atoms with Gasteiger partial charge in [-0.2, -0.15) is 0 Å². The van der Waals surface area contributed by atoms with E-state index in [0.717, 1.165) is 6.42 Å². The molecule has 2 heterocycles. The van der Waals surface area contributed by atoms with Crippen molar-refractivity contribution in [3.05, 3.63) is 17.7 Å². The van der Waals surface area contributed by atoms with Crippen LogP contribution in [0.15, 0.2) is 6.20 Å². The van der Waals surface area contributed by atoms with E-state index in [1.807, 2.05) is 0 Å². The molecule has 0 saturated carbocycles. The molecule has 2 heteroatoms. The number of aryl methyl sites for hydroxylation is 1. The normalized spacial score (nSPS) is 16.8. The number of nitrogens with zero attached hydrogens (tertiary/aromatic N) is 2. The van der Waals surface area contributed by atoms with Crippen LogP contribution in [0.2, 0.25) is 0 Å². The van der Waals surface area contributed by atoms with Gasteiger partial charge in [0.1, 0.15) is 5.82 Å². The molecule has 0 bridgehead atoms. The second-order valence-corrected chi connectivity index (χ2v) is 5.51. The van der Waals surface area contributed by atoms with Crippen LogP contribution in [-0.4, -0.2) is 9.55 Å². The van der Waals surface area contributed by atoms with Gasteiger partial charge < -0.3 is 4.57 Å². The molecule has 0 N–H and O–H groups in total. The van der Waals surface area contributed by atoms with Gasteiger partial charge in [0.05, 0.1) is 0 Å². The average molecular weight is 192 g/mol.